The molecule has 0 radical (unpaired) electrons. The number of hydrogen-bond acceptors (Lipinski definition) is 7. The van der Waals surface area contributed by atoms with Crippen LogP contribution >= 0.6 is 0 Å². The average Bonchev–Trinajstić information content (AvgIpc) is 3.71. The van der Waals surface area contributed by atoms with Gasteiger partial charge in [0, 0.05) is 23.3 Å². The Labute approximate surface area is 246 Å². The second kappa shape index (κ2) is 13.1. The summed E-state index contributed by atoms with van der Waals surface area (Å²) in [4.78, 5) is 0. The van der Waals surface area contributed by atoms with E-state index < -0.39 is 11.6 Å². The van der Waals surface area contributed by atoms with Gasteiger partial charge in [-0.25, -0.2) is 8.78 Å². The number of rotatable bonds is 12. The predicted molar refractivity (Wildman–Crippen MR) is 154 cm³/mol. The van der Waals surface area contributed by atoms with Crippen molar-refractivity contribution >= 4 is 0 Å². The molecule has 0 saturated carbocycles. The van der Waals surface area contributed by atoms with Crippen molar-refractivity contribution in [2.24, 2.45) is 0 Å². The Morgan fingerprint density at radius 1 is 0.512 bits per heavy atom. The summed E-state index contributed by atoms with van der Waals surface area (Å²) in [6, 6.07) is 31.7. The van der Waals surface area contributed by atoms with E-state index in [1.165, 1.54) is 12.1 Å². The van der Waals surface area contributed by atoms with Gasteiger partial charge in [-0.3, -0.25) is 0 Å². The number of ether oxygens (including phenoxy) is 3. The molecule has 0 atom stereocenters. The summed E-state index contributed by atoms with van der Waals surface area (Å²) in [6.07, 6.45) is 0. The predicted octanol–water partition coefficient (Wildman–Crippen LogP) is 8.15. The Morgan fingerprint density at radius 3 is 1.37 bits per heavy atom. The number of halogens is 2. The topological polar surface area (TPSA) is 79.8 Å². The van der Waals surface area contributed by atoms with Gasteiger partial charge in [0.1, 0.15) is 37.8 Å². The summed E-state index contributed by atoms with van der Waals surface area (Å²) in [5.74, 6) is 0.219. The van der Waals surface area contributed by atoms with E-state index >= 15 is 0 Å². The van der Waals surface area contributed by atoms with Gasteiger partial charge in [-0.05, 0) is 47.5 Å². The fraction of sp³-hybridized carbons (Fsp3) is 0.118. The largest absolute Gasteiger partial charge is 0.486 e. The lowest BCUT2D eigenvalue weighted by atomic mass is 10.1. The first-order valence-electron chi connectivity index (χ1n) is 13.5. The van der Waals surface area contributed by atoms with Gasteiger partial charge in [-0.2, -0.15) is 0 Å². The third-order valence-corrected chi connectivity index (χ3v) is 6.54. The summed E-state index contributed by atoms with van der Waals surface area (Å²) in [5.41, 5.74) is 3.91. The molecule has 9 heteroatoms. The molecular formula is C34H26F2N2O5. The molecule has 0 fully saturated rings. The van der Waals surface area contributed by atoms with Crippen molar-refractivity contribution in [1.82, 2.24) is 10.3 Å². The van der Waals surface area contributed by atoms with Crippen molar-refractivity contribution in [2.45, 2.75) is 26.4 Å². The molecule has 0 unspecified atom stereocenters. The van der Waals surface area contributed by atoms with Crippen molar-refractivity contribution in [1.29, 1.82) is 0 Å². The van der Waals surface area contributed by atoms with Crippen LogP contribution in [0.3, 0.4) is 0 Å². The van der Waals surface area contributed by atoms with Gasteiger partial charge in [-0.1, -0.05) is 71.0 Å². The highest BCUT2D eigenvalue weighted by Crippen LogP contribution is 2.28. The van der Waals surface area contributed by atoms with Gasteiger partial charge in [0.2, 0.25) is 0 Å². The lowest BCUT2D eigenvalue weighted by Gasteiger charge is -2.08. The number of nitrogens with zero attached hydrogens (tertiary/aromatic N) is 2. The van der Waals surface area contributed by atoms with Crippen LogP contribution in [0.15, 0.2) is 118 Å². The minimum absolute atomic E-state index is 0.103. The number of hydrogen-bond donors (Lipinski definition) is 0. The van der Waals surface area contributed by atoms with Crippen LogP contribution in [0.25, 0.3) is 22.5 Å². The number of aromatic nitrogens is 2. The van der Waals surface area contributed by atoms with Gasteiger partial charge in [-0.15, -0.1) is 0 Å². The Hall–Kier alpha value is -5.28. The molecule has 0 aliphatic carbocycles. The van der Waals surface area contributed by atoms with Crippen molar-refractivity contribution < 1.29 is 32.0 Å². The Morgan fingerprint density at radius 2 is 0.953 bits per heavy atom. The molecule has 0 N–H and O–H groups in total. The summed E-state index contributed by atoms with van der Waals surface area (Å²) >= 11 is 0. The standard InChI is InChI=1S/C34H26F2N2O5/c35-29-15-25(11-13-33(29)40-19-23-7-3-1-4-8-23)31-17-27(42-37-31)21-39-22-28-18-32(38-43-28)26-12-14-34(30(36)16-26)41-20-24-9-5-2-6-10-24/h1-18H,19-22H2. The first kappa shape index (κ1) is 27.9. The van der Waals surface area contributed by atoms with Crippen LogP contribution < -0.4 is 9.47 Å². The van der Waals surface area contributed by atoms with Gasteiger partial charge in [0.25, 0.3) is 0 Å². The highest BCUT2D eigenvalue weighted by molar-refractivity contribution is 5.61. The fourth-order valence-electron chi connectivity index (χ4n) is 4.31. The first-order valence-corrected chi connectivity index (χ1v) is 13.5. The van der Waals surface area contributed by atoms with Crippen molar-refractivity contribution in [3.05, 3.63) is 143 Å². The minimum atomic E-state index is -0.496. The van der Waals surface area contributed by atoms with Crippen LogP contribution in [0.1, 0.15) is 22.6 Å². The molecule has 6 rings (SSSR count). The molecule has 6 aromatic rings. The fourth-order valence-corrected chi connectivity index (χ4v) is 4.31. The van der Waals surface area contributed by atoms with Gasteiger partial charge >= 0.3 is 0 Å². The maximum atomic E-state index is 14.6. The highest BCUT2D eigenvalue weighted by atomic mass is 19.1. The smallest absolute Gasteiger partial charge is 0.165 e. The SMILES string of the molecule is Fc1cc(-c2cc(COCc3cc(-c4ccc(OCc5ccccc5)c(F)c4)no3)on2)ccc1OCc1ccccc1. The molecule has 0 bridgehead atoms. The molecule has 43 heavy (non-hydrogen) atoms. The van der Waals surface area contributed by atoms with Crippen molar-refractivity contribution in [2.75, 3.05) is 0 Å². The molecule has 2 heterocycles. The number of benzene rings is 4. The third-order valence-electron chi connectivity index (χ3n) is 6.54. The summed E-state index contributed by atoms with van der Waals surface area (Å²) in [6.45, 7) is 0.739. The first-order chi connectivity index (χ1) is 21.1. The van der Waals surface area contributed by atoms with E-state index in [2.05, 4.69) is 10.3 Å². The van der Waals surface area contributed by atoms with E-state index in [1.807, 2.05) is 60.7 Å². The quantitative estimate of drug-likeness (QED) is 0.145. The maximum Gasteiger partial charge on any atom is 0.165 e. The Bertz CT molecular complexity index is 1660. The Kier molecular flexibility index (Phi) is 8.51. The zero-order valence-electron chi connectivity index (χ0n) is 22.9. The molecule has 0 aliphatic rings. The highest BCUT2D eigenvalue weighted by Gasteiger charge is 2.14. The molecule has 7 nitrogen and oxygen atoms in total. The van der Waals surface area contributed by atoms with Crippen molar-refractivity contribution in [3.63, 3.8) is 0 Å². The van der Waals surface area contributed by atoms with Crippen LogP contribution in [-0.4, -0.2) is 10.3 Å². The van der Waals surface area contributed by atoms with Gasteiger partial charge in [0.05, 0.1) is 0 Å². The molecule has 0 aliphatic heterocycles. The monoisotopic (exact) mass is 580 g/mol. The lowest BCUT2D eigenvalue weighted by Crippen LogP contribution is -1.97. The van der Waals surface area contributed by atoms with Crippen LogP contribution in [0.5, 0.6) is 11.5 Å². The van der Waals surface area contributed by atoms with Gasteiger partial charge in [0.15, 0.2) is 34.7 Å². The van der Waals surface area contributed by atoms with Crippen LogP contribution in [0, 0.1) is 11.6 Å². The molecule has 216 valence electrons. The molecule has 0 amide bonds. The zero-order chi connectivity index (χ0) is 29.4. The van der Waals surface area contributed by atoms with Gasteiger partial charge < -0.3 is 23.3 Å². The van der Waals surface area contributed by atoms with E-state index in [9.17, 15) is 8.78 Å². The van der Waals surface area contributed by atoms with E-state index in [-0.39, 0.29) is 37.9 Å². The summed E-state index contributed by atoms with van der Waals surface area (Å²) in [5, 5.41) is 8.04. The Balaban J connectivity index is 0.999. The normalized spacial score (nSPS) is 11.0. The molecule has 0 spiro atoms. The molecule has 0 saturated heterocycles. The van der Waals surface area contributed by atoms with E-state index in [4.69, 9.17) is 23.3 Å². The molecular weight excluding hydrogens is 554 g/mol. The van der Waals surface area contributed by atoms with E-state index in [0.29, 0.717) is 34.0 Å². The molecule has 2 aromatic heterocycles. The summed E-state index contributed by atoms with van der Waals surface area (Å²) < 4.78 is 56.9. The van der Waals surface area contributed by atoms with Crippen molar-refractivity contribution in [3.8, 4) is 34.0 Å². The average molecular weight is 581 g/mol. The van der Waals surface area contributed by atoms with Crippen LogP contribution in [0.2, 0.25) is 0 Å². The second-order valence-corrected chi connectivity index (χ2v) is 9.69. The molecule has 4 aromatic carbocycles. The van der Waals surface area contributed by atoms with E-state index in [0.717, 1.165) is 11.1 Å². The second-order valence-electron chi connectivity index (χ2n) is 9.69. The zero-order valence-corrected chi connectivity index (χ0v) is 22.9. The van der Waals surface area contributed by atoms with E-state index in [1.54, 1.807) is 36.4 Å². The summed E-state index contributed by atoms with van der Waals surface area (Å²) in [7, 11) is 0. The third kappa shape index (κ3) is 7.14. The maximum absolute atomic E-state index is 14.6. The lowest BCUT2D eigenvalue weighted by molar-refractivity contribution is 0.0727. The van der Waals surface area contributed by atoms with Crippen LogP contribution in [-0.2, 0) is 31.2 Å². The minimum Gasteiger partial charge on any atom is -0.486 e. The van der Waals surface area contributed by atoms with Crippen LogP contribution in [0.4, 0.5) is 8.78 Å².